The Hall–Kier alpha value is -0.570. The number of rotatable bonds is 4. The molecule has 0 aromatic heterocycles. The topological polar surface area (TPSA) is 52.3 Å². The third kappa shape index (κ3) is 3.49. The van der Waals surface area contributed by atoms with Crippen molar-refractivity contribution in [2.45, 2.75) is 52.1 Å². The molecule has 0 bridgehead atoms. The lowest BCUT2D eigenvalue weighted by Gasteiger charge is -2.31. The van der Waals surface area contributed by atoms with E-state index in [0.29, 0.717) is 12.5 Å². The van der Waals surface area contributed by atoms with Crippen LogP contribution in [0.5, 0.6) is 0 Å². The highest BCUT2D eigenvalue weighted by atomic mass is 16.5. The Balaban J connectivity index is 2.44. The maximum absolute atomic E-state index is 11.6. The minimum Gasteiger partial charge on any atom is -0.462 e. The van der Waals surface area contributed by atoms with Gasteiger partial charge in [-0.05, 0) is 31.6 Å². The highest BCUT2D eigenvalue weighted by Gasteiger charge is 2.28. The van der Waals surface area contributed by atoms with Crippen LogP contribution >= 0.6 is 0 Å². The zero-order valence-corrected chi connectivity index (χ0v) is 9.87. The molecule has 0 aliphatic heterocycles. The standard InChI is InChI=1S/C12H23NO2/c1-3-10-6-4-5-7-11(10)15-12(14)9(2)8-13/h9-11H,3-8,13H2,1-2H3. The van der Waals surface area contributed by atoms with Gasteiger partial charge < -0.3 is 10.5 Å². The highest BCUT2D eigenvalue weighted by Crippen LogP contribution is 2.29. The number of carbonyl (C=O) groups excluding carboxylic acids is 1. The fourth-order valence-electron chi connectivity index (χ4n) is 2.16. The second-order valence-corrected chi connectivity index (χ2v) is 4.56. The molecule has 3 heteroatoms. The molecule has 1 saturated carbocycles. The predicted octanol–water partition coefficient (Wildman–Crippen LogP) is 2.09. The summed E-state index contributed by atoms with van der Waals surface area (Å²) < 4.78 is 5.53. The van der Waals surface area contributed by atoms with E-state index in [0.717, 1.165) is 12.8 Å². The van der Waals surface area contributed by atoms with E-state index in [9.17, 15) is 4.79 Å². The Morgan fingerprint density at radius 3 is 2.73 bits per heavy atom. The van der Waals surface area contributed by atoms with Crippen molar-refractivity contribution in [1.29, 1.82) is 0 Å². The lowest BCUT2D eigenvalue weighted by atomic mass is 9.84. The van der Waals surface area contributed by atoms with E-state index < -0.39 is 0 Å². The van der Waals surface area contributed by atoms with Crippen LogP contribution in [0.1, 0.15) is 46.0 Å². The SMILES string of the molecule is CCC1CCCCC1OC(=O)C(C)CN. The van der Waals surface area contributed by atoms with E-state index in [2.05, 4.69) is 6.92 Å². The molecule has 1 rings (SSSR count). The molecule has 1 aliphatic carbocycles. The van der Waals surface area contributed by atoms with Gasteiger partial charge in [0.15, 0.2) is 0 Å². The summed E-state index contributed by atoms with van der Waals surface area (Å²) in [6.07, 6.45) is 5.94. The summed E-state index contributed by atoms with van der Waals surface area (Å²) in [4.78, 5) is 11.6. The van der Waals surface area contributed by atoms with Crippen LogP contribution in [-0.4, -0.2) is 18.6 Å². The van der Waals surface area contributed by atoms with Crippen molar-refractivity contribution in [1.82, 2.24) is 0 Å². The van der Waals surface area contributed by atoms with Crippen molar-refractivity contribution < 1.29 is 9.53 Å². The van der Waals surface area contributed by atoms with E-state index in [1.165, 1.54) is 19.3 Å². The predicted molar refractivity (Wildman–Crippen MR) is 60.3 cm³/mol. The van der Waals surface area contributed by atoms with Crippen LogP contribution in [0.2, 0.25) is 0 Å². The normalized spacial score (nSPS) is 28.5. The average Bonchev–Trinajstić information content (AvgIpc) is 2.28. The maximum Gasteiger partial charge on any atom is 0.310 e. The summed E-state index contributed by atoms with van der Waals surface area (Å²) in [5, 5.41) is 0. The summed E-state index contributed by atoms with van der Waals surface area (Å²) in [5.41, 5.74) is 5.44. The van der Waals surface area contributed by atoms with Gasteiger partial charge in [-0.15, -0.1) is 0 Å². The van der Waals surface area contributed by atoms with E-state index >= 15 is 0 Å². The van der Waals surface area contributed by atoms with E-state index in [-0.39, 0.29) is 18.0 Å². The third-order valence-corrected chi connectivity index (χ3v) is 3.39. The summed E-state index contributed by atoms with van der Waals surface area (Å²) in [5.74, 6) is 0.278. The molecule has 1 fully saturated rings. The van der Waals surface area contributed by atoms with Crippen LogP contribution in [0.25, 0.3) is 0 Å². The van der Waals surface area contributed by atoms with Gasteiger partial charge in [0.1, 0.15) is 6.10 Å². The van der Waals surface area contributed by atoms with Crippen LogP contribution in [-0.2, 0) is 9.53 Å². The Bertz CT molecular complexity index is 206. The number of carbonyl (C=O) groups is 1. The van der Waals surface area contributed by atoms with Crippen LogP contribution in [0.4, 0.5) is 0 Å². The van der Waals surface area contributed by atoms with Gasteiger partial charge in [0, 0.05) is 6.54 Å². The van der Waals surface area contributed by atoms with Gasteiger partial charge in [-0.3, -0.25) is 4.79 Å². The summed E-state index contributed by atoms with van der Waals surface area (Å²) in [6, 6.07) is 0. The van der Waals surface area contributed by atoms with Gasteiger partial charge in [-0.2, -0.15) is 0 Å². The summed E-state index contributed by atoms with van der Waals surface area (Å²) in [6.45, 7) is 4.37. The quantitative estimate of drug-likeness (QED) is 0.727. The number of ether oxygens (including phenoxy) is 1. The van der Waals surface area contributed by atoms with Gasteiger partial charge in [0.05, 0.1) is 5.92 Å². The fraction of sp³-hybridized carbons (Fsp3) is 0.917. The number of esters is 1. The van der Waals surface area contributed by atoms with Gasteiger partial charge in [0.25, 0.3) is 0 Å². The molecule has 0 saturated heterocycles. The van der Waals surface area contributed by atoms with Crippen LogP contribution in [0, 0.1) is 11.8 Å². The largest absolute Gasteiger partial charge is 0.462 e. The lowest BCUT2D eigenvalue weighted by Crippen LogP contribution is -2.33. The highest BCUT2D eigenvalue weighted by molar-refractivity contribution is 5.72. The molecular formula is C12H23NO2. The molecule has 0 aromatic rings. The van der Waals surface area contributed by atoms with Crippen molar-refractivity contribution >= 4 is 5.97 Å². The Morgan fingerprint density at radius 1 is 1.47 bits per heavy atom. The molecule has 0 aromatic carbocycles. The van der Waals surface area contributed by atoms with Crippen LogP contribution in [0.15, 0.2) is 0 Å². The first-order valence-electron chi connectivity index (χ1n) is 6.09. The molecule has 2 N–H and O–H groups in total. The van der Waals surface area contributed by atoms with Crippen molar-refractivity contribution in [2.75, 3.05) is 6.54 Å². The van der Waals surface area contributed by atoms with Crippen LogP contribution < -0.4 is 5.73 Å². The molecule has 0 spiro atoms. The van der Waals surface area contributed by atoms with Gasteiger partial charge in [-0.25, -0.2) is 0 Å². The fourth-order valence-corrected chi connectivity index (χ4v) is 2.16. The Labute approximate surface area is 92.4 Å². The Morgan fingerprint density at radius 2 is 2.13 bits per heavy atom. The molecule has 0 radical (unpaired) electrons. The van der Waals surface area contributed by atoms with Crippen molar-refractivity contribution in [3.8, 4) is 0 Å². The average molecular weight is 213 g/mol. The van der Waals surface area contributed by atoms with Crippen LogP contribution in [0.3, 0.4) is 0 Å². The van der Waals surface area contributed by atoms with Gasteiger partial charge in [0.2, 0.25) is 0 Å². The third-order valence-electron chi connectivity index (χ3n) is 3.39. The first-order chi connectivity index (χ1) is 7.19. The van der Waals surface area contributed by atoms with Crippen molar-refractivity contribution in [3.63, 3.8) is 0 Å². The monoisotopic (exact) mass is 213 g/mol. The number of hydrogen-bond acceptors (Lipinski definition) is 3. The van der Waals surface area contributed by atoms with E-state index in [4.69, 9.17) is 10.5 Å². The second-order valence-electron chi connectivity index (χ2n) is 4.56. The van der Waals surface area contributed by atoms with Crippen molar-refractivity contribution in [2.24, 2.45) is 17.6 Å². The molecule has 3 unspecified atom stereocenters. The summed E-state index contributed by atoms with van der Waals surface area (Å²) in [7, 11) is 0. The summed E-state index contributed by atoms with van der Waals surface area (Å²) >= 11 is 0. The molecule has 15 heavy (non-hydrogen) atoms. The molecular weight excluding hydrogens is 190 g/mol. The maximum atomic E-state index is 11.6. The van der Waals surface area contributed by atoms with E-state index in [1.54, 1.807) is 0 Å². The molecule has 3 nitrogen and oxygen atoms in total. The number of hydrogen-bond donors (Lipinski definition) is 1. The molecule has 0 amide bonds. The smallest absolute Gasteiger partial charge is 0.310 e. The number of nitrogens with two attached hydrogens (primary N) is 1. The molecule has 1 aliphatic rings. The minimum atomic E-state index is -0.163. The molecule has 3 atom stereocenters. The minimum absolute atomic E-state index is 0.122. The van der Waals surface area contributed by atoms with Gasteiger partial charge in [-0.1, -0.05) is 20.3 Å². The zero-order chi connectivity index (χ0) is 11.3. The van der Waals surface area contributed by atoms with Gasteiger partial charge >= 0.3 is 5.97 Å². The second kappa shape index (κ2) is 6.11. The van der Waals surface area contributed by atoms with E-state index in [1.807, 2.05) is 6.92 Å². The Kier molecular flexibility index (Phi) is 5.09. The van der Waals surface area contributed by atoms with Crippen molar-refractivity contribution in [3.05, 3.63) is 0 Å². The first kappa shape index (κ1) is 12.5. The molecule has 88 valence electrons. The molecule has 0 heterocycles. The zero-order valence-electron chi connectivity index (χ0n) is 9.87. The lowest BCUT2D eigenvalue weighted by molar-refractivity contribution is -0.157. The first-order valence-corrected chi connectivity index (χ1v) is 6.09.